The smallest absolute Gasteiger partial charge is 0.227 e. The molecule has 0 saturated carbocycles. The Morgan fingerprint density at radius 3 is 2.85 bits per heavy atom. The van der Waals surface area contributed by atoms with Crippen molar-refractivity contribution < 1.29 is 14.4 Å². The predicted octanol–water partition coefficient (Wildman–Crippen LogP) is 2.66. The molecule has 1 aromatic heterocycles. The Morgan fingerprint density at radius 2 is 2.11 bits per heavy atom. The number of carbonyl (C=O) groups excluding carboxylic acids is 1. The van der Waals surface area contributed by atoms with Gasteiger partial charge in [-0.1, -0.05) is 17.3 Å². The molecule has 2 bridgehead atoms. The molecule has 6 nitrogen and oxygen atoms in total. The van der Waals surface area contributed by atoms with Crippen LogP contribution in [0, 0.1) is 19.8 Å². The van der Waals surface area contributed by atoms with Crippen molar-refractivity contribution in [2.24, 2.45) is 5.92 Å². The number of aromatic nitrogens is 1. The van der Waals surface area contributed by atoms with E-state index < -0.39 is 0 Å². The number of carbonyl (C=O) groups is 1. The number of benzene rings is 1. The second-order valence-electron chi connectivity index (χ2n) is 7.99. The van der Waals surface area contributed by atoms with Crippen molar-refractivity contribution in [2.45, 2.75) is 45.7 Å². The summed E-state index contributed by atoms with van der Waals surface area (Å²) in [5, 5.41) is 13.7. The van der Waals surface area contributed by atoms with Gasteiger partial charge in [0.05, 0.1) is 12.1 Å². The van der Waals surface area contributed by atoms with E-state index in [0.717, 1.165) is 49.6 Å². The van der Waals surface area contributed by atoms with Crippen LogP contribution in [0.5, 0.6) is 5.75 Å². The van der Waals surface area contributed by atoms with E-state index >= 15 is 0 Å². The molecule has 0 aliphatic carbocycles. The molecule has 0 spiro atoms. The summed E-state index contributed by atoms with van der Waals surface area (Å²) in [7, 11) is 0. The maximum absolute atomic E-state index is 13.0. The zero-order chi connectivity index (χ0) is 19.0. The lowest BCUT2D eigenvalue weighted by molar-refractivity contribution is -0.134. The average Bonchev–Trinajstić information content (AvgIpc) is 2.81. The summed E-state index contributed by atoms with van der Waals surface area (Å²) in [4.78, 5) is 17.5. The zero-order valence-corrected chi connectivity index (χ0v) is 16.0. The van der Waals surface area contributed by atoms with Crippen molar-refractivity contribution in [3.63, 3.8) is 0 Å². The highest BCUT2D eigenvalue weighted by atomic mass is 16.5. The molecule has 1 aromatic carbocycles. The van der Waals surface area contributed by atoms with E-state index in [9.17, 15) is 9.90 Å². The van der Waals surface area contributed by atoms with Crippen molar-refractivity contribution in [3.05, 3.63) is 46.8 Å². The summed E-state index contributed by atoms with van der Waals surface area (Å²) < 4.78 is 5.31. The van der Waals surface area contributed by atoms with E-state index in [2.05, 4.69) is 15.0 Å². The maximum Gasteiger partial charge on any atom is 0.227 e. The number of phenolic OH excluding ortho intramolecular Hbond substituents is 1. The van der Waals surface area contributed by atoms with Gasteiger partial charge in [-0.25, -0.2) is 0 Å². The number of aryl methyl sites for hydroxylation is 2. The first-order chi connectivity index (χ1) is 13.0. The predicted molar refractivity (Wildman–Crippen MR) is 101 cm³/mol. The minimum absolute atomic E-state index is 0.162. The highest BCUT2D eigenvalue weighted by Crippen LogP contribution is 2.30. The van der Waals surface area contributed by atoms with E-state index in [1.807, 2.05) is 19.9 Å². The largest absolute Gasteiger partial charge is 0.508 e. The number of hydrogen-bond donors (Lipinski definition) is 1. The standard InChI is InChI=1S/C21H27N3O3/c1-14-20(15(2)27-22-14)13-23-10-17-6-7-18(12-23)24(11-17)21(26)9-16-4-3-5-19(25)8-16/h3-5,8,17-18,25H,6-7,9-13H2,1-2H3/t17-,18+/m1/s1. The molecule has 27 heavy (non-hydrogen) atoms. The number of aromatic hydroxyl groups is 1. The molecular weight excluding hydrogens is 342 g/mol. The van der Waals surface area contributed by atoms with Gasteiger partial charge in [-0.05, 0) is 50.3 Å². The molecule has 4 heterocycles. The van der Waals surface area contributed by atoms with Crippen molar-refractivity contribution in [2.75, 3.05) is 19.6 Å². The van der Waals surface area contributed by atoms with Crippen LogP contribution in [0.2, 0.25) is 0 Å². The van der Waals surface area contributed by atoms with Gasteiger partial charge in [0.1, 0.15) is 11.5 Å². The van der Waals surface area contributed by atoms with Crippen molar-refractivity contribution in [3.8, 4) is 5.75 Å². The number of rotatable bonds is 4. The number of amides is 1. The lowest BCUT2D eigenvalue weighted by Crippen LogP contribution is -2.48. The van der Waals surface area contributed by atoms with Crippen molar-refractivity contribution >= 4 is 5.91 Å². The minimum atomic E-state index is 0.162. The Balaban J connectivity index is 1.45. The summed E-state index contributed by atoms with van der Waals surface area (Å²) in [5.41, 5.74) is 3.00. The molecule has 3 saturated heterocycles. The summed E-state index contributed by atoms with van der Waals surface area (Å²) >= 11 is 0. The van der Waals surface area contributed by atoms with Crippen molar-refractivity contribution in [1.29, 1.82) is 0 Å². The highest BCUT2D eigenvalue weighted by molar-refractivity contribution is 5.79. The van der Waals surface area contributed by atoms with Gasteiger partial charge in [0.2, 0.25) is 5.91 Å². The number of fused-ring (bicyclic) bond motifs is 4. The Bertz CT molecular complexity index is 812. The molecule has 2 aromatic rings. The van der Waals surface area contributed by atoms with Crippen LogP contribution in [-0.4, -0.2) is 51.6 Å². The second kappa shape index (κ2) is 7.35. The van der Waals surface area contributed by atoms with Crippen LogP contribution in [0.1, 0.15) is 35.4 Å². The number of phenols is 1. The van der Waals surface area contributed by atoms with Crippen LogP contribution >= 0.6 is 0 Å². The van der Waals surface area contributed by atoms with Crippen LogP contribution in [0.25, 0.3) is 0 Å². The Labute approximate surface area is 159 Å². The topological polar surface area (TPSA) is 69.8 Å². The third-order valence-corrected chi connectivity index (χ3v) is 5.94. The Hall–Kier alpha value is -2.34. The number of hydrogen-bond acceptors (Lipinski definition) is 5. The normalized spacial score (nSPS) is 22.8. The molecule has 0 radical (unpaired) electrons. The summed E-state index contributed by atoms with van der Waals surface area (Å²) in [6, 6.07) is 7.26. The van der Waals surface area contributed by atoms with Gasteiger partial charge in [-0.15, -0.1) is 0 Å². The first kappa shape index (κ1) is 18.0. The second-order valence-corrected chi connectivity index (χ2v) is 7.99. The van der Waals surface area contributed by atoms with E-state index in [0.29, 0.717) is 12.3 Å². The molecule has 1 amide bonds. The van der Waals surface area contributed by atoms with Gasteiger partial charge < -0.3 is 14.5 Å². The lowest BCUT2D eigenvalue weighted by atomic mass is 9.94. The first-order valence-electron chi connectivity index (χ1n) is 9.71. The molecule has 2 atom stereocenters. The van der Waals surface area contributed by atoms with Gasteiger partial charge in [0.25, 0.3) is 0 Å². The van der Waals surface area contributed by atoms with E-state index in [4.69, 9.17) is 4.52 Å². The van der Waals surface area contributed by atoms with Crippen LogP contribution < -0.4 is 0 Å². The van der Waals surface area contributed by atoms with Gasteiger partial charge in [0, 0.05) is 37.8 Å². The van der Waals surface area contributed by atoms with Gasteiger partial charge in [-0.2, -0.15) is 0 Å². The molecule has 3 aliphatic rings. The fraction of sp³-hybridized carbons (Fsp3) is 0.524. The molecule has 3 aliphatic heterocycles. The lowest BCUT2D eigenvalue weighted by Gasteiger charge is -2.36. The molecular formula is C21H27N3O3. The van der Waals surface area contributed by atoms with Crippen LogP contribution in [-0.2, 0) is 17.8 Å². The zero-order valence-electron chi connectivity index (χ0n) is 16.0. The minimum Gasteiger partial charge on any atom is -0.508 e. The van der Waals surface area contributed by atoms with Gasteiger partial charge in [0.15, 0.2) is 0 Å². The number of nitrogens with zero attached hydrogens (tertiary/aromatic N) is 3. The third kappa shape index (κ3) is 3.86. The average molecular weight is 369 g/mol. The monoisotopic (exact) mass is 369 g/mol. The maximum atomic E-state index is 13.0. The summed E-state index contributed by atoms with van der Waals surface area (Å²) in [5.74, 6) is 1.77. The first-order valence-corrected chi connectivity index (χ1v) is 9.71. The van der Waals surface area contributed by atoms with Gasteiger partial charge in [-0.3, -0.25) is 9.69 Å². The fourth-order valence-corrected chi connectivity index (χ4v) is 4.51. The molecule has 144 valence electrons. The molecule has 1 N–H and O–H groups in total. The molecule has 6 heteroatoms. The van der Waals surface area contributed by atoms with E-state index in [1.165, 1.54) is 12.0 Å². The van der Waals surface area contributed by atoms with Crippen LogP contribution in [0.3, 0.4) is 0 Å². The van der Waals surface area contributed by atoms with Crippen LogP contribution in [0.15, 0.2) is 28.8 Å². The van der Waals surface area contributed by atoms with E-state index in [1.54, 1.807) is 18.2 Å². The number of piperidine rings is 1. The summed E-state index contributed by atoms with van der Waals surface area (Å²) in [6.45, 7) is 7.53. The molecule has 3 fully saturated rings. The molecule has 5 rings (SSSR count). The molecule has 0 unspecified atom stereocenters. The summed E-state index contributed by atoms with van der Waals surface area (Å²) in [6.07, 6.45) is 2.59. The highest BCUT2D eigenvalue weighted by Gasteiger charge is 2.37. The van der Waals surface area contributed by atoms with Crippen molar-refractivity contribution in [1.82, 2.24) is 15.0 Å². The third-order valence-electron chi connectivity index (χ3n) is 5.94. The van der Waals surface area contributed by atoms with Crippen LogP contribution in [0.4, 0.5) is 0 Å². The quantitative estimate of drug-likeness (QED) is 0.897. The van der Waals surface area contributed by atoms with Gasteiger partial charge >= 0.3 is 0 Å². The fourth-order valence-electron chi connectivity index (χ4n) is 4.51. The van der Waals surface area contributed by atoms with E-state index in [-0.39, 0.29) is 17.7 Å². The SMILES string of the molecule is Cc1noc(C)c1CN1C[C@H]2CC[C@@H](C1)N(C(=O)Cc1cccc(O)c1)C2. The Kier molecular flexibility index (Phi) is 4.91. The Morgan fingerprint density at radius 1 is 1.26 bits per heavy atom.